The Bertz CT molecular complexity index is 862. The number of ether oxygens (including phenoxy) is 1. The van der Waals surface area contributed by atoms with Gasteiger partial charge in [0.15, 0.2) is 11.7 Å². The van der Waals surface area contributed by atoms with Crippen molar-refractivity contribution in [3.8, 4) is 5.75 Å². The van der Waals surface area contributed by atoms with Gasteiger partial charge in [-0.25, -0.2) is 0 Å². The van der Waals surface area contributed by atoms with Gasteiger partial charge >= 0.3 is 5.97 Å². The van der Waals surface area contributed by atoms with E-state index in [4.69, 9.17) is 16.2 Å². The van der Waals surface area contributed by atoms with Crippen LogP contribution in [0.15, 0.2) is 17.1 Å². The third kappa shape index (κ3) is 10.4. The van der Waals surface area contributed by atoms with E-state index in [-0.39, 0.29) is 30.3 Å². The minimum absolute atomic E-state index is 0.0422. The molecule has 1 aromatic carbocycles. The second kappa shape index (κ2) is 12.2. The highest BCUT2D eigenvalue weighted by molar-refractivity contribution is 5.90. The Kier molecular flexibility index (Phi) is 10.3. The van der Waals surface area contributed by atoms with Crippen molar-refractivity contribution in [2.24, 2.45) is 22.4 Å². The molecule has 0 heterocycles. The van der Waals surface area contributed by atoms with E-state index in [0.717, 1.165) is 16.7 Å². The van der Waals surface area contributed by atoms with Gasteiger partial charge in [-0.15, -0.1) is 0 Å². The molecule has 1 amide bonds. The van der Waals surface area contributed by atoms with E-state index in [2.05, 4.69) is 10.3 Å². The minimum Gasteiger partial charge on any atom is -0.508 e. The molecule has 0 aliphatic carbocycles. The van der Waals surface area contributed by atoms with Gasteiger partial charge < -0.3 is 26.6 Å². The molecular weight excluding hydrogens is 424 g/mol. The van der Waals surface area contributed by atoms with Crippen LogP contribution in [0.4, 0.5) is 0 Å². The molecule has 2 unspecified atom stereocenters. The lowest BCUT2D eigenvalue weighted by Gasteiger charge is -2.24. The molecule has 9 heteroatoms. The Hall–Kier alpha value is -3.10. The second-order valence-electron chi connectivity index (χ2n) is 9.37. The van der Waals surface area contributed by atoms with Gasteiger partial charge in [-0.1, -0.05) is 0 Å². The maximum Gasteiger partial charge on any atom is 0.307 e. The fourth-order valence-corrected chi connectivity index (χ4v) is 3.54. The summed E-state index contributed by atoms with van der Waals surface area (Å²) >= 11 is 0. The van der Waals surface area contributed by atoms with Crippen LogP contribution in [0.1, 0.15) is 63.6 Å². The molecular formula is C24H38N4O5. The number of aromatic hydroxyl groups is 1. The zero-order valence-electron chi connectivity index (χ0n) is 20.5. The minimum atomic E-state index is -0.765. The molecule has 0 spiro atoms. The highest BCUT2D eigenvalue weighted by Gasteiger charge is 2.28. The van der Waals surface area contributed by atoms with Crippen LogP contribution in [0.3, 0.4) is 0 Å². The second-order valence-corrected chi connectivity index (χ2v) is 9.37. The van der Waals surface area contributed by atoms with Crippen molar-refractivity contribution < 1.29 is 24.2 Å². The first-order valence-corrected chi connectivity index (χ1v) is 11.1. The van der Waals surface area contributed by atoms with Crippen LogP contribution in [0.5, 0.6) is 5.75 Å². The highest BCUT2D eigenvalue weighted by atomic mass is 16.6. The average molecular weight is 463 g/mol. The van der Waals surface area contributed by atoms with Crippen molar-refractivity contribution in [3.05, 3.63) is 28.8 Å². The van der Waals surface area contributed by atoms with E-state index >= 15 is 0 Å². The number of carbonyl (C=O) groups is 3. The first-order chi connectivity index (χ1) is 15.2. The van der Waals surface area contributed by atoms with E-state index in [9.17, 15) is 19.5 Å². The van der Waals surface area contributed by atoms with Crippen LogP contribution in [-0.4, -0.2) is 46.9 Å². The number of nitrogens with one attached hydrogen (secondary N) is 1. The van der Waals surface area contributed by atoms with Gasteiger partial charge in [0, 0.05) is 18.9 Å². The zero-order chi connectivity index (χ0) is 25.3. The molecule has 0 aromatic heterocycles. The number of esters is 1. The number of aliphatic imine (C=N–C) groups is 1. The Morgan fingerprint density at radius 2 is 1.73 bits per heavy atom. The summed E-state index contributed by atoms with van der Waals surface area (Å²) in [6.45, 7) is 10.7. The molecule has 0 aliphatic heterocycles. The quantitative estimate of drug-likeness (QED) is 0.169. The zero-order valence-corrected chi connectivity index (χ0v) is 20.5. The third-order valence-electron chi connectivity index (χ3n) is 5.11. The number of hydrogen-bond donors (Lipinski definition) is 4. The lowest BCUT2D eigenvalue weighted by Crippen LogP contribution is -2.45. The summed E-state index contributed by atoms with van der Waals surface area (Å²) in [5, 5.41) is 12.6. The maximum absolute atomic E-state index is 13.1. The number of benzene rings is 1. The summed E-state index contributed by atoms with van der Waals surface area (Å²) in [7, 11) is 0. The summed E-state index contributed by atoms with van der Waals surface area (Å²) in [6.07, 6.45) is 1.00. The van der Waals surface area contributed by atoms with Gasteiger partial charge in [-0.2, -0.15) is 0 Å². The average Bonchev–Trinajstić information content (AvgIpc) is 2.63. The number of rotatable bonds is 11. The van der Waals surface area contributed by atoms with Crippen LogP contribution in [0.2, 0.25) is 0 Å². The number of nitrogens with zero attached hydrogens (tertiary/aromatic N) is 1. The van der Waals surface area contributed by atoms with Crippen molar-refractivity contribution in [1.29, 1.82) is 0 Å². The predicted octanol–water partition coefficient (Wildman–Crippen LogP) is 2.03. The number of Topliss-reactive ketones (excluding diaryl/α,β-unsaturated/α-hetero) is 1. The topological polar surface area (TPSA) is 157 Å². The summed E-state index contributed by atoms with van der Waals surface area (Å²) in [6, 6.07) is 2.48. The van der Waals surface area contributed by atoms with Gasteiger partial charge in [0.05, 0.1) is 12.5 Å². The number of hydrogen-bond acceptors (Lipinski definition) is 6. The van der Waals surface area contributed by atoms with Crippen LogP contribution in [0.25, 0.3) is 0 Å². The Morgan fingerprint density at radius 3 is 2.21 bits per heavy atom. The normalized spacial score (nSPS) is 13.0. The van der Waals surface area contributed by atoms with Crippen molar-refractivity contribution in [2.45, 2.75) is 78.9 Å². The van der Waals surface area contributed by atoms with E-state index in [1.54, 1.807) is 32.9 Å². The standard InChI is InChI=1S/C24H38N4O5/c1-14-10-18(30)11-15(2)19(14)13-20(16(3)29)28-22(32)17(8-7-9-27-23(25)26)12-21(31)33-24(4,5)6/h10-11,17,20,30H,7-9,12-13H2,1-6H3,(H,28,32)(H4,25,26,27). The number of aryl methyl sites for hydroxylation is 2. The Balaban J connectivity index is 3.00. The Labute approximate surface area is 196 Å². The fraction of sp³-hybridized carbons (Fsp3) is 0.583. The third-order valence-corrected chi connectivity index (χ3v) is 5.11. The van der Waals surface area contributed by atoms with Crippen molar-refractivity contribution in [2.75, 3.05) is 6.54 Å². The monoisotopic (exact) mass is 462 g/mol. The largest absolute Gasteiger partial charge is 0.508 e. The van der Waals surface area contributed by atoms with E-state index in [0.29, 0.717) is 19.4 Å². The molecule has 0 radical (unpaired) electrons. The summed E-state index contributed by atoms with van der Waals surface area (Å²) in [5.74, 6) is -1.69. The molecule has 184 valence electrons. The smallest absolute Gasteiger partial charge is 0.307 e. The fourth-order valence-electron chi connectivity index (χ4n) is 3.54. The molecule has 0 saturated carbocycles. The van der Waals surface area contributed by atoms with Crippen LogP contribution >= 0.6 is 0 Å². The highest BCUT2D eigenvalue weighted by Crippen LogP contribution is 2.23. The molecule has 0 aliphatic rings. The number of carbonyl (C=O) groups excluding carboxylic acids is 3. The first kappa shape index (κ1) is 27.9. The van der Waals surface area contributed by atoms with Crippen molar-refractivity contribution >= 4 is 23.6 Å². The van der Waals surface area contributed by atoms with Gasteiger partial charge in [0.25, 0.3) is 0 Å². The van der Waals surface area contributed by atoms with Gasteiger partial charge in [0.2, 0.25) is 5.91 Å². The van der Waals surface area contributed by atoms with Crippen molar-refractivity contribution in [1.82, 2.24) is 5.32 Å². The molecule has 1 aromatic rings. The Morgan fingerprint density at radius 1 is 1.15 bits per heavy atom. The molecule has 0 bridgehead atoms. The number of phenolic OH excluding ortho intramolecular Hbond substituents is 1. The lowest BCUT2D eigenvalue weighted by molar-refractivity contribution is -0.157. The summed E-state index contributed by atoms with van der Waals surface area (Å²) in [4.78, 5) is 41.7. The molecule has 0 saturated heterocycles. The number of ketones is 1. The number of nitrogens with two attached hydrogens (primary N) is 2. The maximum atomic E-state index is 13.1. The van der Waals surface area contributed by atoms with Crippen LogP contribution in [0, 0.1) is 19.8 Å². The number of amides is 1. The molecule has 0 fully saturated rings. The molecule has 2 atom stereocenters. The molecule has 9 nitrogen and oxygen atoms in total. The van der Waals surface area contributed by atoms with Gasteiger partial charge in [-0.05, 0) is 83.2 Å². The van der Waals surface area contributed by atoms with Gasteiger partial charge in [0.1, 0.15) is 11.4 Å². The van der Waals surface area contributed by atoms with E-state index < -0.39 is 29.4 Å². The van der Waals surface area contributed by atoms with Crippen molar-refractivity contribution in [3.63, 3.8) is 0 Å². The predicted molar refractivity (Wildman–Crippen MR) is 128 cm³/mol. The first-order valence-electron chi connectivity index (χ1n) is 11.1. The molecule has 1 rings (SSSR count). The SMILES string of the molecule is CC(=O)C(Cc1c(C)cc(O)cc1C)NC(=O)C(CCCN=C(N)N)CC(=O)OC(C)(C)C. The van der Waals surface area contributed by atoms with Crippen LogP contribution < -0.4 is 16.8 Å². The number of guanidine groups is 1. The van der Waals surface area contributed by atoms with E-state index in [1.807, 2.05) is 13.8 Å². The summed E-state index contributed by atoms with van der Waals surface area (Å²) < 4.78 is 5.38. The summed E-state index contributed by atoms with van der Waals surface area (Å²) in [5.41, 5.74) is 12.6. The number of phenols is 1. The lowest BCUT2D eigenvalue weighted by atomic mass is 9.93. The van der Waals surface area contributed by atoms with Gasteiger partial charge in [-0.3, -0.25) is 19.4 Å². The van der Waals surface area contributed by atoms with Crippen LogP contribution in [-0.2, 0) is 25.5 Å². The van der Waals surface area contributed by atoms with E-state index in [1.165, 1.54) is 6.92 Å². The molecule has 33 heavy (non-hydrogen) atoms. The molecule has 6 N–H and O–H groups in total.